The lowest BCUT2D eigenvalue weighted by molar-refractivity contribution is 0.0707. The summed E-state index contributed by atoms with van der Waals surface area (Å²) >= 11 is 0. The molecule has 0 aliphatic carbocycles. The fourth-order valence-electron chi connectivity index (χ4n) is 4.32. The topological polar surface area (TPSA) is 78.2 Å². The number of carbonyl (C=O) groups is 1. The van der Waals surface area contributed by atoms with Crippen LogP contribution in [0.2, 0.25) is 0 Å². The van der Waals surface area contributed by atoms with Crippen LogP contribution in [-0.2, 0) is 4.74 Å². The molecule has 7 nitrogen and oxygen atoms in total. The molecule has 2 aromatic carbocycles. The number of nitrogens with zero attached hydrogens (tertiary/aromatic N) is 1. The Bertz CT molecular complexity index is 1280. The number of carbonyl (C=O) groups excluding carboxylic acids is 1. The van der Waals surface area contributed by atoms with Crippen LogP contribution in [0.15, 0.2) is 58.3 Å². The fourth-order valence-corrected chi connectivity index (χ4v) is 4.32. The largest absolute Gasteiger partial charge is 0.490 e. The van der Waals surface area contributed by atoms with Crippen molar-refractivity contribution in [3.05, 3.63) is 81.7 Å². The van der Waals surface area contributed by atoms with Gasteiger partial charge in [0, 0.05) is 20.3 Å². The number of aryl methyl sites for hydroxylation is 1. The Morgan fingerprint density at radius 1 is 1.12 bits per heavy atom. The number of hydrogen-bond acceptors (Lipinski definition) is 6. The van der Waals surface area contributed by atoms with E-state index in [0.717, 1.165) is 11.1 Å². The standard InChI is InChI=1S/C27H29NO6/c1-5-13-33-21-11-9-18(16-22(21)32-6-2)24-23-25(29)19-15-17(3)8-10-20(19)34-26(23)27(30)28(24)12-7-14-31-4/h5,8-11,15-16,24H,1,6-7,12-14H2,2-4H3/t24-/m1/s1. The first-order chi connectivity index (χ1) is 16.5. The number of hydrogen-bond donors (Lipinski definition) is 0. The quantitative estimate of drug-likeness (QED) is 0.322. The summed E-state index contributed by atoms with van der Waals surface area (Å²) < 4.78 is 22.7. The second-order valence-electron chi connectivity index (χ2n) is 8.16. The van der Waals surface area contributed by atoms with Gasteiger partial charge in [0.15, 0.2) is 16.9 Å². The highest BCUT2D eigenvalue weighted by molar-refractivity contribution is 5.99. The van der Waals surface area contributed by atoms with E-state index in [1.807, 2.05) is 32.0 Å². The van der Waals surface area contributed by atoms with Gasteiger partial charge in [-0.05, 0) is 50.1 Å². The van der Waals surface area contributed by atoms with Gasteiger partial charge in [-0.3, -0.25) is 9.59 Å². The van der Waals surface area contributed by atoms with Crippen LogP contribution in [0.5, 0.6) is 11.5 Å². The van der Waals surface area contributed by atoms with Gasteiger partial charge in [0.2, 0.25) is 5.76 Å². The van der Waals surface area contributed by atoms with Gasteiger partial charge in [0.05, 0.1) is 23.6 Å². The van der Waals surface area contributed by atoms with Crippen molar-refractivity contribution in [2.45, 2.75) is 26.3 Å². The predicted molar refractivity (Wildman–Crippen MR) is 130 cm³/mol. The maximum atomic E-state index is 13.7. The van der Waals surface area contributed by atoms with Crippen molar-refractivity contribution in [1.29, 1.82) is 0 Å². The first-order valence-electron chi connectivity index (χ1n) is 11.4. The van der Waals surface area contributed by atoms with Crippen molar-refractivity contribution in [1.82, 2.24) is 4.90 Å². The molecule has 7 heteroatoms. The Labute approximate surface area is 198 Å². The zero-order valence-corrected chi connectivity index (χ0v) is 19.8. The second kappa shape index (κ2) is 10.1. The summed E-state index contributed by atoms with van der Waals surface area (Å²) in [7, 11) is 1.62. The highest BCUT2D eigenvalue weighted by Crippen LogP contribution is 2.41. The molecule has 0 radical (unpaired) electrons. The van der Waals surface area contributed by atoms with E-state index in [4.69, 9.17) is 18.6 Å². The third-order valence-corrected chi connectivity index (χ3v) is 5.81. The summed E-state index contributed by atoms with van der Waals surface area (Å²) in [4.78, 5) is 28.8. The first kappa shape index (κ1) is 23.6. The number of ether oxygens (including phenoxy) is 3. The van der Waals surface area contributed by atoms with Crippen LogP contribution in [0, 0.1) is 6.92 Å². The summed E-state index contributed by atoms with van der Waals surface area (Å²) in [6.07, 6.45) is 2.28. The molecule has 1 atom stereocenters. The lowest BCUT2D eigenvalue weighted by Gasteiger charge is -2.26. The van der Waals surface area contributed by atoms with Crippen LogP contribution in [0.1, 0.15) is 46.6 Å². The van der Waals surface area contributed by atoms with Gasteiger partial charge in [0.1, 0.15) is 12.2 Å². The maximum Gasteiger partial charge on any atom is 0.290 e. The van der Waals surface area contributed by atoms with Crippen molar-refractivity contribution in [3.8, 4) is 11.5 Å². The van der Waals surface area contributed by atoms with E-state index >= 15 is 0 Å². The molecule has 0 bridgehead atoms. The fraction of sp³-hybridized carbons (Fsp3) is 0.333. The smallest absolute Gasteiger partial charge is 0.290 e. The molecule has 0 unspecified atom stereocenters. The summed E-state index contributed by atoms with van der Waals surface area (Å²) in [6.45, 7) is 9.18. The molecule has 0 saturated heterocycles. The third kappa shape index (κ3) is 4.31. The average molecular weight is 464 g/mol. The monoisotopic (exact) mass is 463 g/mol. The first-order valence-corrected chi connectivity index (χ1v) is 11.4. The molecule has 178 valence electrons. The molecular formula is C27H29NO6. The van der Waals surface area contributed by atoms with Crippen LogP contribution in [0.4, 0.5) is 0 Å². The molecule has 4 rings (SSSR count). The molecular weight excluding hydrogens is 434 g/mol. The van der Waals surface area contributed by atoms with Crippen molar-refractivity contribution in [3.63, 3.8) is 0 Å². The number of methoxy groups -OCH3 is 1. The minimum absolute atomic E-state index is 0.0914. The second-order valence-corrected chi connectivity index (χ2v) is 8.16. The molecule has 1 amide bonds. The minimum Gasteiger partial charge on any atom is -0.490 e. The van der Waals surface area contributed by atoms with E-state index in [0.29, 0.717) is 60.8 Å². The zero-order valence-electron chi connectivity index (χ0n) is 19.8. The Morgan fingerprint density at radius 2 is 1.94 bits per heavy atom. The van der Waals surface area contributed by atoms with Crippen molar-refractivity contribution in [2.24, 2.45) is 0 Å². The van der Waals surface area contributed by atoms with Gasteiger partial charge >= 0.3 is 0 Å². The van der Waals surface area contributed by atoms with E-state index in [1.54, 1.807) is 36.3 Å². The predicted octanol–water partition coefficient (Wildman–Crippen LogP) is 4.65. The van der Waals surface area contributed by atoms with Crippen molar-refractivity contribution in [2.75, 3.05) is 33.5 Å². The molecule has 1 aliphatic rings. The van der Waals surface area contributed by atoms with E-state index < -0.39 is 6.04 Å². The SMILES string of the molecule is C=CCOc1ccc([C@@H]2c3c(oc4ccc(C)cc4c3=O)C(=O)N2CCCOC)cc1OCC. The normalized spacial score (nSPS) is 15.0. The van der Waals surface area contributed by atoms with Crippen molar-refractivity contribution >= 4 is 16.9 Å². The van der Waals surface area contributed by atoms with Gasteiger partial charge in [-0.2, -0.15) is 0 Å². The molecule has 0 saturated carbocycles. The highest BCUT2D eigenvalue weighted by atomic mass is 16.5. The summed E-state index contributed by atoms with van der Waals surface area (Å²) in [6, 6.07) is 10.3. The third-order valence-electron chi connectivity index (χ3n) is 5.81. The van der Waals surface area contributed by atoms with Gasteiger partial charge in [-0.1, -0.05) is 30.4 Å². The van der Waals surface area contributed by atoms with Gasteiger partial charge in [0.25, 0.3) is 5.91 Å². The Morgan fingerprint density at radius 3 is 2.68 bits per heavy atom. The van der Waals surface area contributed by atoms with Crippen LogP contribution in [-0.4, -0.2) is 44.3 Å². The van der Waals surface area contributed by atoms with Crippen LogP contribution in [0.3, 0.4) is 0 Å². The number of amides is 1. The number of fused-ring (bicyclic) bond motifs is 2. The Hall–Kier alpha value is -3.58. The summed E-state index contributed by atoms with van der Waals surface area (Å²) in [5.74, 6) is 0.900. The molecule has 2 heterocycles. The van der Waals surface area contributed by atoms with E-state index in [1.165, 1.54) is 0 Å². The molecule has 34 heavy (non-hydrogen) atoms. The zero-order chi connectivity index (χ0) is 24.2. The van der Waals surface area contributed by atoms with Gasteiger partial charge < -0.3 is 23.5 Å². The van der Waals surface area contributed by atoms with Gasteiger partial charge in [-0.15, -0.1) is 0 Å². The van der Waals surface area contributed by atoms with E-state index in [2.05, 4.69) is 6.58 Å². The van der Waals surface area contributed by atoms with Crippen LogP contribution >= 0.6 is 0 Å². The maximum absolute atomic E-state index is 13.7. The summed E-state index contributed by atoms with van der Waals surface area (Å²) in [5, 5.41) is 0.464. The minimum atomic E-state index is -0.604. The molecule has 0 fully saturated rings. The van der Waals surface area contributed by atoms with Crippen LogP contribution in [0.25, 0.3) is 11.0 Å². The number of benzene rings is 2. The Kier molecular flexibility index (Phi) is 7.03. The van der Waals surface area contributed by atoms with E-state index in [9.17, 15) is 9.59 Å². The lowest BCUT2D eigenvalue weighted by Crippen LogP contribution is -2.31. The average Bonchev–Trinajstić information content (AvgIpc) is 3.11. The Balaban J connectivity index is 1.88. The molecule has 1 aliphatic heterocycles. The van der Waals surface area contributed by atoms with E-state index in [-0.39, 0.29) is 17.1 Å². The van der Waals surface area contributed by atoms with Crippen molar-refractivity contribution < 1.29 is 23.4 Å². The molecule has 1 aromatic heterocycles. The van der Waals surface area contributed by atoms with Gasteiger partial charge in [-0.25, -0.2) is 0 Å². The molecule has 3 aromatic rings. The summed E-state index contributed by atoms with van der Waals surface area (Å²) in [5.41, 5.74) is 2.25. The number of rotatable bonds is 10. The van der Waals surface area contributed by atoms with Crippen LogP contribution < -0.4 is 14.9 Å². The highest BCUT2D eigenvalue weighted by Gasteiger charge is 2.42. The lowest BCUT2D eigenvalue weighted by atomic mass is 9.97. The molecule has 0 spiro atoms. The molecule has 0 N–H and O–H groups in total.